The van der Waals surface area contributed by atoms with Crippen molar-refractivity contribution in [1.82, 2.24) is 0 Å². The van der Waals surface area contributed by atoms with Gasteiger partial charge < -0.3 is 98.7 Å². The molecule has 6 rings (SSSR count). The van der Waals surface area contributed by atoms with E-state index < -0.39 is 29.5 Å². The number of carbonyl (C=O) groups is 2. The first-order valence-corrected chi connectivity index (χ1v) is 47.7. The Morgan fingerprint density at radius 1 is 0.306 bits per heavy atom. The number of esters is 2. The molecular weight excluding hydrogens is 1680 g/mol. The van der Waals surface area contributed by atoms with Crippen molar-refractivity contribution in [2.24, 2.45) is 0 Å². The Kier molecular flexibility index (Phi) is 65.9. The van der Waals surface area contributed by atoms with Crippen molar-refractivity contribution in [1.29, 1.82) is 0 Å². The van der Waals surface area contributed by atoms with Crippen LogP contribution in [0.5, 0.6) is 69.0 Å². The maximum atomic E-state index is 11.6. The molecule has 0 saturated carbocycles. The second-order valence-electron chi connectivity index (χ2n) is 26.6. The number of ether oxygens (including phenoxy) is 12. The van der Waals surface area contributed by atoms with Crippen LogP contribution in [0.25, 0.3) is 0 Å². The third-order valence-corrected chi connectivity index (χ3v) is 23.7. The monoisotopic (exact) mass is 1820 g/mol. The zero-order valence-corrected chi connectivity index (χ0v) is 79.2. The number of hydrogen-bond acceptors (Lipinski definition) is 23. The van der Waals surface area contributed by atoms with E-state index in [2.05, 4.69) is 111 Å². The van der Waals surface area contributed by atoms with Gasteiger partial charge in [-0.2, -0.15) is 0 Å². The van der Waals surface area contributed by atoms with E-state index in [9.17, 15) is 14.7 Å². The topological polar surface area (TPSA) is 261 Å². The zero-order chi connectivity index (χ0) is 91.7. The normalized spacial score (nSPS) is 10.5. The van der Waals surface area contributed by atoms with E-state index in [4.69, 9.17) is 88.9 Å². The molecule has 0 aliphatic rings. The van der Waals surface area contributed by atoms with Gasteiger partial charge in [-0.15, -0.1) is 52.6 Å². The van der Waals surface area contributed by atoms with Crippen molar-refractivity contribution < 1.29 is 108 Å². The highest BCUT2D eigenvalue weighted by Crippen LogP contribution is 2.31. The summed E-state index contributed by atoms with van der Waals surface area (Å²) in [5, 5.41) is 27.9. The molecule has 0 spiro atoms. The molecule has 0 aliphatic carbocycles. The standard InChI is InChI=1S/C28H54O8Si2.C16H20O4.C16H22O2.C15H19BrO2.C15H20O3.C8H8O4/c1-8-26-23-27(29-19-15-17-21-37(31-9-2,32-10-3)33-11-4)25-28(24-26)30-20-16-18-22-38(34-12-5,35-13-6)36-14-7;1-4-6-8-19-14-10-13(16(17)18-3)11-15(12-14)20-9-7-5-2;1-4-7-9-17-15-11-14(6-3)12-16(13-15)18-10-8-5-2;2*1-3-5-7-17-14-9-13(12-16)10-15(11-14)18-8-6-4-2;1-12-8(11)5-2-6(9)4-7(10)3-5/h23-25H,8-22H2,1-7H3;4-5,10-12H,1-2,6-9H2,3H3;4-5,11-13H,1-2,6-10H2,3H3;3-4,9-11H,1-2,5-8,12H2;3-4,9-11,16H,1-2,5-8,12H2;2-4,9-10H,1H3. The molecule has 0 heterocycles. The quantitative estimate of drug-likeness (QED) is 0.0105. The Morgan fingerprint density at radius 3 is 0.734 bits per heavy atom. The van der Waals surface area contributed by atoms with E-state index in [1.807, 2.05) is 114 Å². The van der Waals surface area contributed by atoms with E-state index in [1.165, 1.54) is 37.5 Å². The molecule has 3 N–H and O–H groups in total. The number of benzene rings is 6. The van der Waals surface area contributed by atoms with Crippen LogP contribution in [-0.2, 0) is 60.8 Å². The third kappa shape index (κ3) is 51.6. The second-order valence-corrected chi connectivity index (χ2v) is 32.7. The molecule has 0 radical (unpaired) electrons. The average molecular weight is 1830 g/mol. The number of halogens is 1. The minimum atomic E-state index is -2.59. The van der Waals surface area contributed by atoms with Crippen LogP contribution in [0.1, 0.15) is 175 Å². The number of aliphatic hydroxyl groups is 1. The number of carbonyl (C=O) groups excluding carboxylic acids is 2. The van der Waals surface area contributed by atoms with Crippen molar-refractivity contribution >= 4 is 45.5 Å². The van der Waals surface area contributed by atoms with Crippen LogP contribution in [0.4, 0.5) is 0 Å². The van der Waals surface area contributed by atoms with Gasteiger partial charge in [0.2, 0.25) is 0 Å². The summed E-state index contributed by atoms with van der Waals surface area (Å²) >= 11 is 3.45. The van der Waals surface area contributed by atoms with Gasteiger partial charge in [-0.25, -0.2) is 9.59 Å². The first-order valence-electron chi connectivity index (χ1n) is 42.8. The molecule has 0 fully saturated rings. The zero-order valence-electron chi connectivity index (χ0n) is 75.6. The molecule has 0 bridgehead atoms. The van der Waals surface area contributed by atoms with Gasteiger partial charge in [-0.05, 0) is 226 Å². The maximum Gasteiger partial charge on any atom is 0.500 e. The van der Waals surface area contributed by atoms with Crippen molar-refractivity contribution in [3.05, 3.63) is 244 Å². The van der Waals surface area contributed by atoms with E-state index in [0.717, 1.165) is 159 Å². The highest BCUT2D eigenvalue weighted by Gasteiger charge is 2.40. The summed E-state index contributed by atoms with van der Waals surface area (Å²) in [5.74, 6) is 6.29. The van der Waals surface area contributed by atoms with Crippen molar-refractivity contribution in [3.8, 4) is 69.0 Å². The fourth-order valence-corrected chi connectivity index (χ4v) is 16.6. The molecule has 0 atom stereocenters. The molecular formula is C98H143BrO23Si2. The van der Waals surface area contributed by atoms with Gasteiger partial charge in [0.1, 0.15) is 69.0 Å². The van der Waals surface area contributed by atoms with Gasteiger partial charge in [0, 0.05) is 93.5 Å². The van der Waals surface area contributed by atoms with E-state index >= 15 is 0 Å². The van der Waals surface area contributed by atoms with Gasteiger partial charge in [-0.1, -0.05) is 78.4 Å². The van der Waals surface area contributed by atoms with Crippen LogP contribution in [0, 0.1) is 0 Å². The number of phenols is 2. The number of hydrogen-bond donors (Lipinski definition) is 3. The Hall–Kier alpha value is -9.59. The highest BCUT2D eigenvalue weighted by atomic mass is 79.9. The molecule has 6 aromatic rings. The number of alkyl halides is 1. The van der Waals surface area contributed by atoms with Gasteiger partial charge >= 0.3 is 29.5 Å². The molecule has 0 aliphatic heterocycles. The van der Waals surface area contributed by atoms with Gasteiger partial charge in [0.05, 0.1) is 98.0 Å². The number of aliphatic hydroxyl groups excluding tert-OH is 1. The Bertz CT molecular complexity index is 3510. The Morgan fingerprint density at radius 2 is 0.524 bits per heavy atom. The third-order valence-electron chi connectivity index (χ3n) is 16.7. The molecule has 0 amide bonds. The van der Waals surface area contributed by atoms with Crippen LogP contribution < -0.4 is 47.4 Å². The molecule has 6 aromatic carbocycles. The number of aryl methyl sites for hydroxylation is 2. The minimum Gasteiger partial charge on any atom is -0.508 e. The van der Waals surface area contributed by atoms with Crippen molar-refractivity contribution in [3.63, 3.8) is 0 Å². The summed E-state index contributed by atoms with van der Waals surface area (Å²) in [6.07, 6.45) is 26.5. The Labute approximate surface area is 751 Å². The first-order chi connectivity index (χ1) is 60.2. The summed E-state index contributed by atoms with van der Waals surface area (Å²) in [6, 6.07) is 33.8. The molecule has 0 saturated heterocycles. The smallest absolute Gasteiger partial charge is 0.500 e. The summed E-state index contributed by atoms with van der Waals surface area (Å²) in [5.41, 5.74) is 4.86. The fraction of sp³-hybridized carbons (Fsp3) is 0.449. The lowest BCUT2D eigenvalue weighted by Crippen LogP contribution is -2.45. The van der Waals surface area contributed by atoms with Crippen LogP contribution in [0.3, 0.4) is 0 Å². The van der Waals surface area contributed by atoms with Crippen LogP contribution in [0.2, 0.25) is 12.1 Å². The SMILES string of the molecule is C=CCCOc1cc(CBr)cc(OCCC=C)c1.C=CCCOc1cc(CC)cc(OCCC=C)c1.C=CCCOc1cc(CO)cc(OCCC=C)c1.C=CCCOc1cc(OCCC=C)cc(C(=O)OC)c1.CCO[Si](CCCCOc1cc(CC)cc(OCCCC[Si](OCC)(OCC)OCC)c1)(OCC)OCC.COC(=O)c1cc(O)cc(O)c1. The molecule has 23 nitrogen and oxygen atoms in total. The lowest BCUT2D eigenvalue weighted by atomic mass is 10.1. The van der Waals surface area contributed by atoms with E-state index in [0.29, 0.717) is 134 Å². The van der Waals surface area contributed by atoms with Crippen LogP contribution >= 0.6 is 15.9 Å². The van der Waals surface area contributed by atoms with Gasteiger partial charge in [0.15, 0.2) is 0 Å². The van der Waals surface area contributed by atoms with E-state index in [1.54, 1.807) is 42.5 Å². The van der Waals surface area contributed by atoms with Gasteiger partial charge in [0.25, 0.3) is 0 Å². The summed E-state index contributed by atoms with van der Waals surface area (Å²) in [7, 11) is -2.62. The average Bonchev–Trinajstić information content (AvgIpc) is 0.847. The largest absolute Gasteiger partial charge is 0.508 e. The maximum absolute atomic E-state index is 11.6. The van der Waals surface area contributed by atoms with Crippen molar-refractivity contribution in [2.75, 3.05) is 120 Å². The number of methoxy groups -OCH3 is 2. The van der Waals surface area contributed by atoms with Gasteiger partial charge in [-0.3, -0.25) is 0 Å². The summed E-state index contributed by atoms with van der Waals surface area (Å²) in [6.45, 7) is 55.0. The Balaban J connectivity index is 0.000000775. The predicted octanol–water partition coefficient (Wildman–Crippen LogP) is 22.7. The molecule has 124 heavy (non-hydrogen) atoms. The summed E-state index contributed by atoms with van der Waals surface area (Å²) in [4.78, 5) is 22.5. The number of aromatic hydroxyl groups is 2. The van der Waals surface area contributed by atoms with Crippen molar-refractivity contribution in [2.45, 2.75) is 169 Å². The minimum absolute atomic E-state index is 0.0313. The fourth-order valence-electron chi connectivity index (χ4n) is 10.9. The number of phenolic OH excluding ortho intramolecular Hbond substituents is 2. The molecule has 688 valence electrons. The lowest BCUT2D eigenvalue weighted by Gasteiger charge is -2.28. The molecule has 26 heteroatoms. The number of unbranched alkanes of at least 4 members (excludes halogenated alkanes) is 2. The highest BCUT2D eigenvalue weighted by molar-refractivity contribution is 9.08. The van der Waals surface area contributed by atoms with E-state index in [-0.39, 0.29) is 23.7 Å². The van der Waals surface area contributed by atoms with Crippen LogP contribution in [-0.4, -0.2) is 165 Å². The first kappa shape index (κ1) is 112. The predicted molar refractivity (Wildman–Crippen MR) is 505 cm³/mol. The number of rotatable bonds is 62. The summed E-state index contributed by atoms with van der Waals surface area (Å²) < 4.78 is 102. The molecule has 0 unspecified atom stereocenters. The second kappa shape index (κ2) is 72.7. The van der Waals surface area contributed by atoms with Crippen LogP contribution in [0.15, 0.2) is 210 Å². The lowest BCUT2D eigenvalue weighted by molar-refractivity contribution is 0.0591. The molecule has 0 aromatic heterocycles.